The van der Waals surface area contributed by atoms with Crippen molar-refractivity contribution in [3.8, 4) is 0 Å². The zero-order valence-electron chi connectivity index (χ0n) is 11.2. The highest BCUT2D eigenvalue weighted by molar-refractivity contribution is 5.50. The number of morpholine rings is 1. The van der Waals surface area contributed by atoms with Gasteiger partial charge in [0.15, 0.2) is 0 Å². The van der Waals surface area contributed by atoms with Gasteiger partial charge in [0, 0.05) is 24.8 Å². The van der Waals surface area contributed by atoms with Gasteiger partial charge in [-0.2, -0.15) is 0 Å². The van der Waals surface area contributed by atoms with Gasteiger partial charge in [-0.15, -0.1) is 0 Å². The number of halogens is 1. The van der Waals surface area contributed by atoms with Gasteiger partial charge in [0.05, 0.1) is 12.7 Å². The summed E-state index contributed by atoms with van der Waals surface area (Å²) in [4.78, 5) is 2.22. The summed E-state index contributed by atoms with van der Waals surface area (Å²) in [6, 6.07) is 5.52. The van der Waals surface area contributed by atoms with Crippen molar-refractivity contribution in [3.05, 3.63) is 29.6 Å². The predicted octanol–water partition coefficient (Wildman–Crippen LogP) is 2.16. The Bertz CT molecular complexity index is 411. The van der Waals surface area contributed by atoms with E-state index in [2.05, 4.69) is 17.1 Å². The van der Waals surface area contributed by atoms with Crippen LogP contribution in [0.3, 0.4) is 0 Å². The molecule has 1 aliphatic rings. The van der Waals surface area contributed by atoms with Crippen molar-refractivity contribution in [1.82, 2.24) is 5.32 Å². The molecule has 1 heterocycles. The summed E-state index contributed by atoms with van der Waals surface area (Å²) < 4.78 is 19.2. The molecule has 2 rings (SSSR count). The van der Waals surface area contributed by atoms with E-state index in [0.29, 0.717) is 13.2 Å². The number of benzene rings is 1. The monoisotopic (exact) mass is 252 g/mol. The summed E-state index contributed by atoms with van der Waals surface area (Å²) in [7, 11) is 1.87. The molecule has 3 nitrogen and oxygen atoms in total. The van der Waals surface area contributed by atoms with Crippen molar-refractivity contribution in [2.45, 2.75) is 32.5 Å². The topological polar surface area (TPSA) is 24.5 Å². The van der Waals surface area contributed by atoms with Crippen LogP contribution in [0.4, 0.5) is 10.1 Å². The van der Waals surface area contributed by atoms with E-state index in [1.54, 1.807) is 12.1 Å². The first-order valence-corrected chi connectivity index (χ1v) is 6.42. The number of hydrogen-bond donors (Lipinski definition) is 1. The van der Waals surface area contributed by atoms with Gasteiger partial charge in [0.25, 0.3) is 0 Å². The molecular weight excluding hydrogens is 231 g/mol. The van der Waals surface area contributed by atoms with Gasteiger partial charge >= 0.3 is 0 Å². The van der Waals surface area contributed by atoms with Crippen LogP contribution in [0.5, 0.6) is 0 Å². The van der Waals surface area contributed by atoms with E-state index in [1.807, 2.05) is 20.0 Å². The number of anilines is 1. The van der Waals surface area contributed by atoms with E-state index in [-0.39, 0.29) is 18.0 Å². The van der Waals surface area contributed by atoms with E-state index in [1.165, 1.54) is 0 Å². The minimum atomic E-state index is -0.177. The Kier molecular flexibility index (Phi) is 4.19. The van der Waals surface area contributed by atoms with Gasteiger partial charge in [-0.25, -0.2) is 4.39 Å². The van der Waals surface area contributed by atoms with E-state index in [4.69, 9.17) is 4.74 Å². The maximum Gasteiger partial charge on any atom is 0.125 e. The second-order valence-electron chi connectivity index (χ2n) is 4.99. The SMILES string of the molecule is CNCc1cc(F)cc(N2CC(C)OCC2C)c1. The lowest BCUT2D eigenvalue weighted by Gasteiger charge is -2.38. The average Bonchev–Trinajstić information content (AvgIpc) is 2.32. The Morgan fingerprint density at radius 3 is 2.89 bits per heavy atom. The molecule has 2 atom stereocenters. The first-order valence-electron chi connectivity index (χ1n) is 6.42. The molecule has 0 aromatic heterocycles. The van der Waals surface area contributed by atoms with Crippen molar-refractivity contribution < 1.29 is 9.13 Å². The lowest BCUT2D eigenvalue weighted by atomic mass is 10.1. The van der Waals surface area contributed by atoms with Crippen molar-refractivity contribution in [1.29, 1.82) is 0 Å². The Morgan fingerprint density at radius 1 is 1.39 bits per heavy atom. The van der Waals surface area contributed by atoms with Crippen LogP contribution in [-0.4, -0.2) is 32.3 Å². The van der Waals surface area contributed by atoms with Crippen LogP contribution in [0.15, 0.2) is 18.2 Å². The third kappa shape index (κ3) is 3.00. The maximum atomic E-state index is 13.6. The third-order valence-electron chi connectivity index (χ3n) is 3.26. The molecule has 2 unspecified atom stereocenters. The van der Waals surface area contributed by atoms with Crippen LogP contribution >= 0.6 is 0 Å². The number of nitrogens with one attached hydrogen (secondary N) is 1. The van der Waals surface area contributed by atoms with Crippen molar-refractivity contribution >= 4 is 5.69 Å². The molecular formula is C14H21FN2O. The highest BCUT2D eigenvalue weighted by Crippen LogP contribution is 2.24. The first-order chi connectivity index (χ1) is 8.60. The summed E-state index contributed by atoms with van der Waals surface area (Å²) in [5.74, 6) is -0.177. The molecule has 0 bridgehead atoms. The summed E-state index contributed by atoms with van der Waals surface area (Å²) in [5.41, 5.74) is 1.92. The standard InChI is InChI=1S/C14H21FN2O/c1-10-9-18-11(2)8-17(10)14-5-12(7-16-3)4-13(15)6-14/h4-6,10-11,16H,7-9H2,1-3H3. The normalized spacial score (nSPS) is 24.3. The van der Waals surface area contributed by atoms with Crippen LogP contribution in [0.25, 0.3) is 0 Å². The Hall–Kier alpha value is -1.13. The minimum Gasteiger partial charge on any atom is -0.375 e. The number of rotatable bonds is 3. The Labute approximate surface area is 108 Å². The fraction of sp³-hybridized carbons (Fsp3) is 0.571. The summed E-state index contributed by atoms with van der Waals surface area (Å²) in [6.45, 7) is 6.34. The van der Waals surface area contributed by atoms with Crippen molar-refractivity contribution in [3.63, 3.8) is 0 Å². The lowest BCUT2D eigenvalue weighted by Crippen LogP contribution is -2.47. The molecule has 1 aromatic rings. The Morgan fingerprint density at radius 2 is 2.17 bits per heavy atom. The van der Waals surface area contributed by atoms with Crippen LogP contribution < -0.4 is 10.2 Å². The molecule has 0 radical (unpaired) electrons. The van der Waals surface area contributed by atoms with E-state index in [0.717, 1.165) is 17.8 Å². The molecule has 18 heavy (non-hydrogen) atoms. The molecule has 100 valence electrons. The van der Waals surface area contributed by atoms with Gasteiger partial charge < -0.3 is 15.0 Å². The zero-order valence-corrected chi connectivity index (χ0v) is 11.2. The smallest absolute Gasteiger partial charge is 0.125 e. The molecule has 1 aliphatic heterocycles. The van der Waals surface area contributed by atoms with Crippen LogP contribution in [0.1, 0.15) is 19.4 Å². The minimum absolute atomic E-state index is 0.177. The van der Waals surface area contributed by atoms with Gasteiger partial charge in [0.1, 0.15) is 5.82 Å². The highest BCUT2D eigenvalue weighted by Gasteiger charge is 2.24. The summed E-state index contributed by atoms with van der Waals surface area (Å²) >= 11 is 0. The van der Waals surface area contributed by atoms with Gasteiger partial charge in [-0.3, -0.25) is 0 Å². The molecule has 1 aromatic carbocycles. The van der Waals surface area contributed by atoms with Gasteiger partial charge in [-0.05, 0) is 44.7 Å². The molecule has 1 saturated heterocycles. The predicted molar refractivity (Wildman–Crippen MR) is 71.4 cm³/mol. The first kappa shape index (κ1) is 13.3. The highest BCUT2D eigenvalue weighted by atomic mass is 19.1. The quantitative estimate of drug-likeness (QED) is 0.892. The average molecular weight is 252 g/mol. The molecule has 4 heteroatoms. The second kappa shape index (κ2) is 5.67. The zero-order chi connectivity index (χ0) is 13.1. The fourth-order valence-corrected chi connectivity index (χ4v) is 2.37. The molecule has 0 spiro atoms. The molecule has 0 saturated carbocycles. The van der Waals surface area contributed by atoms with Crippen LogP contribution in [0.2, 0.25) is 0 Å². The number of ether oxygens (including phenoxy) is 1. The molecule has 0 amide bonds. The Balaban J connectivity index is 2.25. The van der Waals surface area contributed by atoms with Gasteiger partial charge in [0.2, 0.25) is 0 Å². The fourth-order valence-electron chi connectivity index (χ4n) is 2.37. The largest absolute Gasteiger partial charge is 0.375 e. The summed E-state index contributed by atoms with van der Waals surface area (Å²) in [6.07, 6.45) is 0.192. The van der Waals surface area contributed by atoms with Crippen LogP contribution in [-0.2, 0) is 11.3 Å². The van der Waals surface area contributed by atoms with E-state index >= 15 is 0 Å². The number of hydrogen-bond acceptors (Lipinski definition) is 3. The molecule has 1 N–H and O–H groups in total. The van der Waals surface area contributed by atoms with Gasteiger partial charge in [-0.1, -0.05) is 0 Å². The lowest BCUT2D eigenvalue weighted by molar-refractivity contribution is 0.0343. The summed E-state index contributed by atoms with van der Waals surface area (Å²) in [5, 5.41) is 3.05. The van der Waals surface area contributed by atoms with E-state index in [9.17, 15) is 4.39 Å². The number of nitrogens with zero attached hydrogens (tertiary/aromatic N) is 1. The van der Waals surface area contributed by atoms with Crippen molar-refractivity contribution in [2.75, 3.05) is 25.1 Å². The maximum absolute atomic E-state index is 13.6. The molecule has 0 aliphatic carbocycles. The second-order valence-corrected chi connectivity index (χ2v) is 4.99. The van der Waals surface area contributed by atoms with Crippen molar-refractivity contribution in [2.24, 2.45) is 0 Å². The third-order valence-corrected chi connectivity index (χ3v) is 3.26. The van der Waals surface area contributed by atoms with E-state index < -0.39 is 0 Å². The molecule has 1 fully saturated rings. The van der Waals surface area contributed by atoms with Crippen LogP contribution in [0, 0.1) is 5.82 Å².